The Balaban J connectivity index is 1.50. The first-order valence-corrected chi connectivity index (χ1v) is 9.90. The fourth-order valence-corrected chi connectivity index (χ4v) is 3.74. The Kier molecular flexibility index (Phi) is 4.56. The third kappa shape index (κ3) is 3.46. The molecule has 0 unspecified atom stereocenters. The molecule has 5 heteroatoms. The molecule has 1 aliphatic rings. The van der Waals surface area contributed by atoms with Crippen molar-refractivity contribution in [2.45, 2.75) is 6.92 Å². The van der Waals surface area contributed by atoms with E-state index in [-0.39, 0.29) is 17.5 Å². The number of fused-ring (bicyclic) bond motifs is 1. The number of esters is 1. The molecule has 0 amide bonds. The summed E-state index contributed by atoms with van der Waals surface area (Å²) in [5.41, 5.74) is 4.42. The summed E-state index contributed by atoms with van der Waals surface area (Å²) in [6, 6.07) is 27.2. The number of ether oxygens (including phenoxy) is 1. The van der Waals surface area contributed by atoms with Crippen molar-refractivity contribution in [2.24, 2.45) is 4.99 Å². The normalized spacial score (nSPS) is 14.7. The van der Waals surface area contributed by atoms with E-state index < -0.39 is 5.97 Å². The minimum Gasteiger partial charge on any atom is -0.402 e. The molecule has 4 aromatic rings. The van der Waals surface area contributed by atoms with Gasteiger partial charge in [-0.15, -0.1) is 0 Å². The number of hydrogen-bond donors (Lipinski definition) is 0. The highest BCUT2D eigenvalue weighted by Gasteiger charge is 2.25. The molecular weight excluding hydrogens is 388 g/mol. The minimum atomic E-state index is -0.539. The van der Waals surface area contributed by atoms with Gasteiger partial charge in [0.2, 0.25) is 11.8 Å². The summed E-state index contributed by atoms with van der Waals surface area (Å²) in [4.78, 5) is 29.0. The van der Waals surface area contributed by atoms with E-state index in [0.29, 0.717) is 11.3 Å². The van der Waals surface area contributed by atoms with E-state index in [2.05, 4.69) is 4.99 Å². The van der Waals surface area contributed by atoms with Gasteiger partial charge in [-0.3, -0.25) is 9.36 Å². The van der Waals surface area contributed by atoms with Crippen molar-refractivity contribution in [3.8, 4) is 11.1 Å². The zero-order chi connectivity index (χ0) is 21.4. The third-order valence-corrected chi connectivity index (χ3v) is 5.20. The van der Waals surface area contributed by atoms with Gasteiger partial charge in [-0.25, -0.2) is 9.79 Å². The molecule has 1 aliphatic heterocycles. The molecule has 0 saturated heterocycles. The number of carbonyl (C=O) groups excluding carboxylic acids is 2. The predicted molar refractivity (Wildman–Crippen MR) is 121 cm³/mol. The molecule has 5 rings (SSSR count). The van der Waals surface area contributed by atoms with E-state index in [1.165, 1.54) is 6.92 Å². The number of aromatic nitrogens is 1. The summed E-state index contributed by atoms with van der Waals surface area (Å²) in [6.07, 6.45) is 1.59. The van der Waals surface area contributed by atoms with Crippen LogP contribution in [0.15, 0.2) is 95.6 Å². The second-order valence-corrected chi connectivity index (χ2v) is 7.26. The maximum atomic E-state index is 12.4. The summed E-state index contributed by atoms with van der Waals surface area (Å²) >= 11 is 0. The smallest absolute Gasteiger partial charge is 0.363 e. The van der Waals surface area contributed by atoms with Gasteiger partial charge >= 0.3 is 5.97 Å². The molecule has 31 heavy (non-hydrogen) atoms. The van der Waals surface area contributed by atoms with Gasteiger partial charge in [-0.2, -0.15) is 0 Å². The molecule has 3 aromatic carbocycles. The van der Waals surface area contributed by atoms with Crippen molar-refractivity contribution in [3.63, 3.8) is 0 Å². The molecule has 0 saturated carbocycles. The molecule has 0 atom stereocenters. The molecule has 1 aromatic heterocycles. The lowest BCUT2D eigenvalue weighted by Crippen LogP contribution is -2.08. The Morgan fingerprint density at radius 1 is 0.871 bits per heavy atom. The van der Waals surface area contributed by atoms with Crippen LogP contribution in [0.3, 0.4) is 0 Å². The SMILES string of the molecule is CC(=O)n1c(/C=C2\N=C(c3ccc(-c4ccccc4)cc3)OC2=O)cc2ccccc21. The van der Waals surface area contributed by atoms with Crippen molar-refractivity contribution in [2.75, 3.05) is 0 Å². The highest BCUT2D eigenvalue weighted by atomic mass is 16.6. The number of rotatable bonds is 3. The van der Waals surface area contributed by atoms with Crippen molar-refractivity contribution in [1.29, 1.82) is 0 Å². The van der Waals surface area contributed by atoms with Crippen LogP contribution in [0, 0.1) is 0 Å². The maximum Gasteiger partial charge on any atom is 0.363 e. The highest BCUT2D eigenvalue weighted by molar-refractivity contribution is 6.13. The first-order chi connectivity index (χ1) is 15.1. The lowest BCUT2D eigenvalue weighted by molar-refractivity contribution is -0.129. The van der Waals surface area contributed by atoms with Crippen LogP contribution in [0.2, 0.25) is 0 Å². The Hall–Kier alpha value is -4.25. The Morgan fingerprint density at radius 2 is 1.52 bits per heavy atom. The summed E-state index contributed by atoms with van der Waals surface area (Å²) in [7, 11) is 0. The van der Waals surface area contributed by atoms with Crippen LogP contribution < -0.4 is 0 Å². The third-order valence-electron chi connectivity index (χ3n) is 5.20. The molecule has 0 fully saturated rings. The molecule has 0 bridgehead atoms. The van der Waals surface area contributed by atoms with Gasteiger partial charge in [-0.1, -0.05) is 60.7 Å². The summed E-state index contributed by atoms with van der Waals surface area (Å²) in [5.74, 6) is -0.427. The Bertz CT molecular complexity index is 1380. The first-order valence-electron chi connectivity index (χ1n) is 9.90. The maximum absolute atomic E-state index is 12.4. The molecule has 0 aliphatic carbocycles. The fraction of sp³-hybridized carbons (Fsp3) is 0.0385. The van der Waals surface area contributed by atoms with Gasteiger partial charge in [-0.05, 0) is 41.5 Å². The van der Waals surface area contributed by atoms with Crippen molar-refractivity contribution < 1.29 is 14.3 Å². The number of carbonyl (C=O) groups is 2. The minimum absolute atomic E-state index is 0.139. The first kappa shape index (κ1) is 18.8. The molecule has 150 valence electrons. The van der Waals surface area contributed by atoms with E-state index in [1.54, 1.807) is 10.6 Å². The average Bonchev–Trinajstić information content (AvgIpc) is 3.35. The van der Waals surface area contributed by atoms with Gasteiger partial charge in [0, 0.05) is 17.9 Å². The van der Waals surface area contributed by atoms with Gasteiger partial charge in [0.05, 0.1) is 11.2 Å². The second kappa shape index (κ2) is 7.54. The van der Waals surface area contributed by atoms with Crippen molar-refractivity contribution >= 4 is 34.8 Å². The summed E-state index contributed by atoms with van der Waals surface area (Å²) in [5, 5.41) is 0.914. The van der Waals surface area contributed by atoms with Crippen LogP contribution >= 0.6 is 0 Å². The largest absolute Gasteiger partial charge is 0.402 e. The summed E-state index contributed by atoms with van der Waals surface area (Å²) < 4.78 is 6.97. The molecule has 0 radical (unpaired) electrons. The van der Waals surface area contributed by atoms with E-state index >= 15 is 0 Å². The van der Waals surface area contributed by atoms with Crippen molar-refractivity contribution in [1.82, 2.24) is 4.57 Å². The van der Waals surface area contributed by atoms with Gasteiger partial charge in [0.25, 0.3) is 0 Å². The van der Waals surface area contributed by atoms with E-state index in [1.807, 2.05) is 84.9 Å². The number of para-hydroxylation sites is 1. The zero-order valence-electron chi connectivity index (χ0n) is 16.8. The summed E-state index contributed by atoms with van der Waals surface area (Å²) in [6.45, 7) is 1.49. The predicted octanol–water partition coefficient (Wildman–Crippen LogP) is 5.31. The van der Waals surface area contributed by atoms with E-state index in [4.69, 9.17) is 4.74 Å². The number of aliphatic imine (C=N–C) groups is 1. The molecule has 0 spiro atoms. The monoisotopic (exact) mass is 406 g/mol. The quantitative estimate of drug-likeness (QED) is 0.342. The second-order valence-electron chi connectivity index (χ2n) is 7.26. The number of nitrogens with zero attached hydrogens (tertiary/aromatic N) is 2. The van der Waals surface area contributed by atoms with Gasteiger partial charge in [0.15, 0.2) is 5.70 Å². The van der Waals surface area contributed by atoms with Gasteiger partial charge < -0.3 is 4.74 Å². The van der Waals surface area contributed by atoms with Crippen LogP contribution in [-0.2, 0) is 9.53 Å². The molecule has 0 N–H and O–H groups in total. The van der Waals surface area contributed by atoms with Crippen molar-refractivity contribution in [3.05, 3.63) is 102 Å². The van der Waals surface area contributed by atoms with Crippen LogP contribution in [-0.4, -0.2) is 22.3 Å². The number of hydrogen-bond acceptors (Lipinski definition) is 4. The Morgan fingerprint density at radius 3 is 2.26 bits per heavy atom. The van der Waals surface area contributed by atoms with Crippen LogP contribution in [0.5, 0.6) is 0 Å². The highest BCUT2D eigenvalue weighted by Crippen LogP contribution is 2.25. The average molecular weight is 406 g/mol. The Labute approximate surface area is 178 Å². The fourth-order valence-electron chi connectivity index (χ4n) is 3.74. The topological polar surface area (TPSA) is 60.7 Å². The molecule has 2 heterocycles. The van der Waals surface area contributed by atoms with E-state index in [9.17, 15) is 9.59 Å². The van der Waals surface area contributed by atoms with Crippen LogP contribution in [0.4, 0.5) is 0 Å². The number of cyclic esters (lactones) is 1. The van der Waals surface area contributed by atoms with Crippen LogP contribution in [0.25, 0.3) is 28.1 Å². The standard InChI is InChI=1S/C26H18N2O3/c1-17(29)28-22(15-21-9-5-6-10-24(21)28)16-23-26(30)31-25(27-23)20-13-11-19(12-14-20)18-7-3-2-4-8-18/h2-16H,1H3/b23-16-. The molecule has 5 nitrogen and oxygen atoms in total. The zero-order valence-corrected chi connectivity index (χ0v) is 16.8. The van der Waals surface area contributed by atoms with Gasteiger partial charge in [0.1, 0.15) is 0 Å². The van der Waals surface area contributed by atoms with E-state index in [0.717, 1.165) is 22.0 Å². The molecular formula is C26H18N2O3. The van der Waals surface area contributed by atoms with Crippen LogP contribution in [0.1, 0.15) is 23.0 Å². The lowest BCUT2D eigenvalue weighted by atomic mass is 10.0. The lowest BCUT2D eigenvalue weighted by Gasteiger charge is -2.03. The number of benzene rings is 3.